The first-order valence-electron chi connectivity index (χ1n) is 7.44. The van der Waals surface area contributed by atoms with Crippen LogP contribution >= 0.6 is 0 Å². The molecule has 1 heterocycles. The molecule has 0 aromatic heterocycles. The van der Waals surface area contributed by atoms with Crippen LogP contribution in [0, 0.1) is 11.6 Å². The molecule has 122 valence electrons. The maximum absolute atomic E-state index is 13.7. The molecule has 0 bridgehead atoms. The summed E-state index contributed by atoms with van der Waals surface area (Å²) in [5.74, 6) is -2.68. The highest BCUT2D eigenvalue weighted by Gasteiger charge is 2.18. The maximum Gasteiger partial charge on any atom is 0.323 e. The predicted molar refractivity (Wildman–Crippen MR) is 84.6 cm³/mol. The van der Waals surface area contributed by atoms with Crippen molar-refractivity contribution in [1.29, 1.82) is 0 Å². The Morgan fingerprint density at radius 1 is 1.30 bits per heavy atom. The zero-order chi connectivity index (χ0) is 17.0. The molecule has 0 atom stereocenters. The number of carboxylic acid groups (broad SMARTS) is 1. The van der Waals surface area contributed by atoms with Gasteiger partial charge in [0.25, 0.3) is 0 Å². The van der Waals surface area contributed by atoms with Gasteiger partial charge in [0.05, 0.1) is 0 Å². The number of aryl methyl sites for hydroxylation is 1. The molecule has 1 N–H and O–H groups in total. The van der Waals surface area contributed by atoms with Gasteiger partial charge in [-0.05, 0) is 48.1 Å². The molecule has 23 heavy (non-hydrogen) atoms. The molecule has 1 aliphatic rings. The molecule has 0 radical (unpaired) electrons. The molecule has 0 aliphatic carbocycles. The Hall–Kier alpha value is -2.43. The zero-order valence-corrected chi connectivity index (χ0v) is 13.0. The summed E-state index contributed by atoms with van der Waals surface area (Å²) < 4.78 is 27.0. The van der Waals surface area contributed by atoms with Crippen LogP contribution in [0.5, 0.6) is 0 Å². The van der Waals surface area contributed by atoms with Crippen molar-refractivity contribution in [1.82, 2.24) is 4.90 Å². The van der Waals surface area contributed by atoms with E-state index in [2.05, 4.69) is 6.58 Å². The second-order valence-electron chi connectivity index (χ2n) is 5.40. The Morgan fingerprint density at radius 2 is 2.04 bits per heavy atom. The number of nitrogens with zero attached hydrogens (tertiary/aromatic N) is 1. The number of carboxylic acids is 1. The summed E-state index contributed by atoms with van der Waals surface area (Å²) in [5.41, 5.74) is 2.80. The molecule has 1 aromatic rings. The predicted octanol–water partition coefficient (Wildman–Crippen LogP) is 4.03. The minimum atomic E-state index is -0.952. The monoisotopic (exact) mass is 319 g/mol. The van der Waals surface area contributed by atoms with Gasteiger partial charge in [0.1, 0.15) is 6.54 Å². The summed E-state index contributed by atoms with van der Waals surface area (Å²) >= 11 is 0. The van der Waals surface area contributed by atoms with Gasteiger partial charge in [-0.25, -0.2) is 8.78 Å². The summed E-state index contributed by atoms with van der Waals surface area (Å²) in [4.78, 5) is 12.7. The molecule has 2 rings (SSSR count). The summed E-state index contributed by atoms with van der Waals surface area (Å²) in [7, 11) is 0. The summed E-state index contributed by atoms with van der Waals surface area (Å²) in [6, 6.07) is 4.07. The van der Waals surface area contributed by atoms with Crippen molar-refractivity contribution in [2.45, 2.75) is 26.2 Å². The van der Waals surface area contributed by atoms with Gasteiger partial charge in [-0.3, -0.25) is 4.79 Å². The second kappa shape index (κ2) is 7.22. The number of carbonyl (C=O) groups is 1. The first-order valence-corrected chi connectivity index (χ1v) is 7.44. The van der Waals surface area contributed by atoms with Crippen molar-refractivity contribution in [2.24, 2.45) is 0 Å². The third-order valence-electron chi connectivity index (χ3n) is 3.80. The number of hydrogen-bond donors (Lipinski definition) is 1. The van der Waals surface area contributed by atoms with Crippen LogP contribution in [0.1, 0.15) is 25.3 Å². The van der Waals surface area contributed by atoms with Crippen LogP contribution in [0.2, 0.25) is 0 Å². The molecule has 3 nitrogen and oxygen atoms in total. The Morgan fingerprint density at radius 3 is 2.70 bits per heavy atom. The lowest BCUT2D eigenvalue weighted by Gasteiger charge is -2.28. The molecule has 0 saturated heterocycles. The lowest BCUT2D eigenvalue weighted by molar-refractivity contribution is -0.137. The van der Waals surface area contributed by atoms with Gasteiger partial charge < -0.3 is 10.0 Å². The van der Waals surface area contributed by atoms with Gasteiger partial charge in [0, 0.05) is 11.9 Å². The largest absolute Gasteiger partial charge is 0.480 e. The Labute approximate surface area is 134 Å². The highest BCUT2D eigenvalue weighted by Crippen LogP contribution is 2.27. The van der Waals surface area contributed by atoms with Crippen molar-refractivity contribution < 1.29 is 18.7 Å². The van der Waals surface area contributed by atoms with Crippen LogP contribution < -0.4 is 0 Å². The molecule has 1 aromatic carbocycles. The van der Waals surface area contributed by atoms with Crippen LogP contribution in [0.3, 0.4) is 0 Å². The fourth-order valence-corrected chi connectivity index (χ4v) is 2.56. The lowest BCUT2D eigenvalue weighted by atomic mass is 9.98. The van der Waals surface area contributed by atoms with Crippen molar-refractivity contribution in [2.75, 3.05) is 6.54 Å². The van der Waals surface area contributed by atoms with E-state index >= 15 is 0 Å². The van der Waals surface area contributed by atoms with Crippen molar-refractivity contribution >= 4 is 5.97 Å². The topological polar surface area (TPSA) is 40.5 Å². The van der Waals surface area contributed by atoms with E-state index in [9.17, 15) is 13.6 Å². The second-order valence-corrected chi connectivity index (χ2v) is 5.40. The summed E-state index contributed by atoms with van der Waals surface area (Å²) in [5, 5.41) is 9.04. The van der Waals surface area contributed by atoms with E-state index in [1.54, 1.807) is 11.1 Å². The quantitative estimate of drug-likeness (QED) is 0.860. The third-order valence-corrected chi connectivity index (χ3v) is 3.80. The zero-order valence-electron chi connectivity index (χ0n) is 13.0. The van der Waals surface area contributed by atoms with E-state index in [4.69, 9.17) is 5.11 Å². The molecule has 1 aliphatic heterocycles. The number of halogens is 2. The van der Waals surface area contributed by atoms with Crippen LogP contribution in [-0.4, -0.2) is 22.5 Å². The number of rotatable bonds is 6. The van der Waals surface area contributed by atoms with Gasteiger partial charge in [0.15, 0.2) is 11.6 Å². The molecule has 0 unspecified atom stereocenters. The Kier molecular flexibility index (Phi) is 5.32. The van der Waals surface area contributed by atoms with Gasteiger partial charge in [-0.1, -0.05) is 25.6 Å². The molecule has 0 fully saturated rings. The number of allylic oxidation sites excluding steroid dienone is 4. The average Bonchev–Trinajstić information content (AvgIpc) is 2.50. The third kappa shape index (κ3) is 4.06. The number of aliphatic carboxylic acids is 1. The highest BCUT2D eigenvalue weighted by atomic mass is 19.2. The number of hydrogen-bond acceptors (Lipinski definition) is 2. The van der Waals surface area contributed by atoms with Gasteiger partial charge in [0.2, 0.25) is 0 Å². The fourth-order valence-electron chi connectivity index (χ4n) is 2.56. The van der Waals surface area contributed by atoms with E-state index in [1.807, 2.05) is 13.0 Å². The van der Waals surface area contributed by atoms with E-state index in [1.165, 1.54) is 12.1 Å². The summed E-state index contributed by atoms with van der Waals surface area (Å²) in [6.45, 7) is 5.76. The molecule has 0 amide bonds. The standard InChI is InChI=1S/C18H19F2NO2/c1-3-13-10-21(11-17(22)23)15(9-12(13)2)8-7-14-5-4-6-16(19)18(14)20/h4-6,9-10H,2-3,7-8,11H2,1H3,(H,22,23). The van der Waals surface area contributed by atoms with Crippen molar-refractivity contribution in [3.8, 4) is 0 Å². The van der Waals surface area contributed by atoms with Gasteiger partial charge >= 0.3 is 5.97 Å². The summed E-state index contributed by atoms with van der Waals surface area (Å²) in [6.07, 6.45) is 5.03. The normalized spacial score (nSPS) is 14.6. The Bertz CT molecular complexity index is 692. The molecule has 5 heteroatoms. The molecule has 0 spiro atoms. The first-order chi connectivity index (χ1) is 10.9. The van der Waals surface area contributed by atoms with E-state index in [-0.39, 0.29) is 18.5 Å². The van der Waals surface area contributed by atoms with Crippen LogP contribution in [-0.2, 0) is 11.2 Å². The first kappa shape index (κ1) is 16.9. The average molecular weight is 319 g/mol. The van der Waals surface area contributed by atoms with Crippen LogP contribution in [0.4, 0.5) is 8.78 Å². The molecular weight excluding hydrogens is 300 g/mol. The SMILES string of the molecule is C=C1C=C(CCc2cccc(F)c2F)N(CC(=O)O)C=C1CC. The smallest absolute Gasteiger partial charge is 0.323 e. The lowest BCUT2D eigenvalue weighted by Crippen LogP contribution is -2.27. The van der Waals surface area contributed by atoms with E-state index in [0.29, 0.717) is 6.42 Å². The highest BCUT2D eigenvalue weighted by molar-refractivity contribution is 5.70. The van der Waals surface area contributed by atoms with E-state index in [0.717, 1.165) is 29.3 Å². The Balaban J connectivity index is 2.17. The number of benzene rings is 1. The maximum atomic E-state index is 13.7. The fraction of sp³-hybridized carbons (Fsp3) is 0.278. The van der Waals surface area contributed by atoms with E-state index < -0.39 is 17.6 Å². The minimum Gasteiger partial charge on any atom is -0.480 e. The molecule has 0 saturated carbocycles. The van der Waals surface area contributed by atoms with Crippen LogP contribution in [0.15, 0.2) is 53.9 Å². The molecular formula is C18H19F2NO2. The van der Waals surface area contributed by atoms with Gasteiger partial charge in [-0.15, -0.1) is 0 Å². The van der Waals surface area contributed by atoms with Crippen LogP contribution in [0.25, 0.3) is 0 Å². The minimum absolute atomic E-state index is 0.172. The van der Waals surface area contributed by atoms with Crippen molar-refractivity contribution in [3.05, 3.63) is 71.1 Å². The van der Waals surface area contributed by atoms with Gasteiger partial charge in [-0.2, -0.15) is 0 Å². The van der Waals surface area contributed by atoms with Crippen molar-refractivity contribution in [3.63, 3.8) is 0 Å².